The Morgan fingerprint density at radius 1 is 1.44 bits per heavy atom. The van der Waals surface area contributed by atoms with Gasteiger partial charge in [0.25, 0.3) is 0 Å². The average Bonchev–Trinajstić information content (AvgIpc) is 2.78. The molecule has 96 valence electrons. The summed E-state index contributed by atoms with van der Waals surface area (Å²) >= 11 is 1.80. The van der Waals surface area contributed by atoms with Gasteiger partial charge in [-0.3, -0.25) is 0 Å². The lowest BCUT2D eigenvalue weighted by Gasteiger charge is -2.13. The fourth-order valence-electron chi connectivity index (χ4n) is 2.38. The van der Waals surface area contributed by atoms with Crippen molar-refractivity contribution in [1.29, 1.82) is 0 Å². The molecule has 0 atom stereocenters. The van der Waals surface area contributed by atoms with Crippen molar-refractivity contribution in [3.05, 3.63) is 16.8 Å². The summed E-state index contributed by atoms with van der Waals surface area (Å²) < 4.78 is 0. The highest BCUT2D eigenvalue weighted by Gasteiger charge is 2.19. The Kier molecular flexibility index (Phi) is 3.43. The first-order valence-corrected chi connectivity index (χ1v) is 7.41. The van der Waals surface area contributed by atoms with Crippen LogP contribution in [0.4, 0.5) is 5.82 Å². The third-order valence-electron chi connectivity index (χ3n) is 3.33. The van der Waals surface area contributed by atoms with Gasteiger partial charge in [0.05, 0.1) is 5.39 Å². The van der Waals surface area contributed by atoms with Crippen molar-refractivity contribution in [2.24, 2.45) is 0 Å². The first-order chi connectivity index (χ1) is 8.90. The van der Waals surface area contributed by atoms with E-state index in [2.05, 4.69) is 27.5 Å². The van der Waals surface area contributed by atoms with E-state index in [1.807, 2.05) is 0 Å². The minimum absolute atomic E-state index is 0.977. The normalized spacial score (nSPS) is 14.7. The van der Waals surface area contributed by atoms with Crippen molar-refractivity contribution in [1.82, 2.24) is 15.3 Å². The number of hydrogen-bond donors (Lipinski definition) is 2. The molecule has 4 nitrogen and oxygen atoms in total. The minimum Gasteiger partial charge on any atom is -0.369 e. The second-order valence-corrected chi connectivity index (χ2v) is 5.70. The molecule has 0 fully saturated rings. The van der Waals surface area contributed by atoms with Gasteiger partial charge in [-0.15, -0.1) is 11.3 Å². The lowest BCUT2D eigenvalue weighted by molar-refractivity contribution is 0.657. The maximum atomic E-state index is 4.42. The monoisotopic (exact) mass is 262 g/mol. The molecule has 0 amide bonds. The molecule has 2 N–H and O–H groups in total. The van der Waals surface area contributed by atoms with Crippen LogP contribution in [0.25, 0.3) is 10.2 Å². The Bertz CT molecular complexity index is 549. The molecule has 3 rings (SSSR count). The lowest BCUT2D eigenvalue weighted by atomic mass is 10.1. The van der Waals surface area contributed by atoms with Crippen LogP contribution < -0.4 is 10.6 Å². The van der Waals surface area contributed by atoms with Gasteiger partial charge in [-0.2, -0.15) is 0 Å². The molecule has 0 saturated heterocycles. The second kappa shape index (κ2) is 5.20. The van der Waals surface area contributed by atoms with Crippen LogP contribution in [0.1, 0.15) is 30.2 Å². The Morgan fingerprint density at radius 3 is 3.28 bits per heavy atom. The Labute approximate surface area is 111 Å². The summed E-state index contributed by atoms with van der Waals surface area (Å²) in [6.07, 6.45) is 5.14. The van der Waals surface area contributed by atoms with Gasteiger partial charge in [-0.05, 0) is 24.9 Å². The highest BCUT2D eigenvalue weighted by molar-refractivity contribution is 7.18. The first-order valence-electron chi connectivity index (χ1n) is 6.60. The molecule has 0 unspecified atom stereocenters. The minimum atomic E-state index is 0.977. The Hall–Kier alpha value is -1.20. The lowest BCUT2D eigenvalue weighted by Crippen LogP contribution is -2.22. The fraction of sp³-hybridized carbons (Fsp3) is 0.538. The number of nitrogens with one attached hydrogen (secondary N) is 2. The molecular formula is C13H18N4S. The van der Waals surface area contributed by atoms with E-state index < -0.39 is 0 Å². The van der Waals surface area contributed by atoms with Crippen LogP contribution in [0.15, 0.2) is 6.33 Å². The van der Waals surface area contributed by atoms with Crippen LogP contribution in [-0.4, -0.2) is 23.1 Å². The van der Waals surface area contributed by atoms with E-state index in [0.717, 1.165) is 36.7 Å². The molecule has 1 aliphatic heterocycles. The Morgan fingerprint density at radius 2 is 2.39 bits per heavy atom. The molecule has 0 aromatic carbocycles. The van der Waals surface area contributed by atoms with Crippen LogP contribution in [0.3, 0.4) is 0 Å². The number of aromatic nitrogens is 2. The summed E-state index contributed by atoms with van der Waals surface area (Å²) in [5.41, 5.74) is 1.45. The van der Waals surface area contributed by atoms with Gasteiger partial charge in [0.15, 0.2) is 0 Å². The van der Waals surface area contributed by atoms with E-state index in [0.29, 0.717) is 0 Å². The van der Waals surface area contributed by atoms with Crippen LogP contribution in [0.2, 0.25) is 0 Å². The van der Waals surface area contributed by atoms with Crippen LogP contribution >= 0.6 is 11.3 Å². The molecule has 0 spiro atoms. The number of unbranched alkanes of at least 4 members (excludes halogenated alkanes) is 1. The summed E-state index contributed by atoms with van der Waals surface area (Å²) in [5, 5.41) is 8.13. The van der Waals surface area contributed by atoms with Gasteiger partial charge in [0.2, 0.25) is 0 Å². The van der Waals surface area contributed by atoms with E-state index in [9.17, 15) is 0 Å². The first kappa shape index (κ1) is 11.9. The predicted octanol–water partition coefficient (Wildman–Crippen LogP) is 2.55. The van der Waals surface area contributed by atoms with Gasteiger partial charge in [-0.1, -0.05) is 13.3 Å². The number of nitrogens with zero attached hydrogens (tertiary/aromatic N) is 2. The maximum absolute atomic E-state index is 4.42. The second-order valence-electron chi connectivity index (χ2n) is 4.61. The molecule has 2 aromatic heterocycles. The van der Waals surface area contributed by atoms with Crippen molar-refractivity contribution >= 4 is 27.4 Å². The molecular weight excluding hydrogens is 244 g/mol. The van der Waals surface area contributed by atoms with E-state index >= 15 is 0 Å². The number of thiophene rings is 1. The highest BCUT2D eigenvalue weighted by atomic mass is 32.1. The molecule has 2 aromatic rings. The highest BCUT2D eigenvalue weighted by Crippen LogP contribution is 2.35. The number of anilines is 1. The van der Waals surface area contributed by atoms with Crippen molar-refractivity contribution in [2.75, 3.05) is 18.4 Å². The fourth-order valence-corrected chi connectivity index (χ4v) is 3.53. The smallest absolute Gasteiger partial charge is 0.138 e. The van der Waals surface area contributed by atoms with Crippen molar-refractivity contribution in [2.45, 2.75) is 32.7 Å². The zero-order chi connectivity index (χ0) is 12.4. The molecule has 5 heteroatoms. The summed E-state index contributed by atoms with van der Waals surface area (Å²) in [7, 11) is 0. The molecule has 0 bridgehead atoms. The Balaban J connectivity index is 2.00. The molecule has 0 radical (unpaired) electrons. The molecule has 1 aliphatic rings. The summed E-state index contributed by atoms with van der Waals surface area (Å²) in [5.74, 6) is 1.02. The quantitative estimate of drug-likeness (QED) is 0.831. The van der Waals surface area contributed by atoms with Gasteiger partial charge >= 0.3 is 0 Å². The SMILES string of the molecule is CCCCNc1ncnc2sc3c(c12)CCNC3. The molecule has 18 heavy (non-hydrogen) atoms. The van der Waals surface area contributed by atoms with Crippen molar-refractivity contribution < 1.29 is 0 Å². The number of hydrogen-bond acceptors (Lipinski definition) is 5. The third-order valence-corrected chi connectivity index (χ3v) is 4.47. The van der Waals surface area contributed by atoms with Crippen LogP contribution in [0.5, 0.6) is 0 Å². The van der Waals surface area contributed by atoms with E-state index in [1.54, 1.807) is 17.7 Å². The zero-order valence-corrected chi connectivity index (χ0v) is 11.4. The topological polar surface area (TPSA) is 49.8 Å². The van der Waals surface area contributed by atoms with Crippen molar-refractivity contribution in [3.63, 3.8) is 0 Å². The van der Waals surface area contributed by atoms with Crippen LogP contribution in [0, 0.1) is 0 Å². The summed E-state index contributed by atoms with van der Waals surface area (Å²) in [6.45, 7) is 5.23. The van der Waals surface area contributed by atoms with Crippen LogP contribution in [-0.2, 0) is 13.0 Å². The molecule has 0 aliphatic carbocycles. The average molecular weight is 262 g/mol. The van der Waals surface area contributed by atoms with Gasteiger partial charge in [-0.25, -0.2) is 9.97 Å². The standard InChI is InChI=1S/C13H18N4S/c1-2-3-5-15-12-11-9-4-6-14-7-10(9)18-13(11)17-8-16-12/h8,14H,2-7H2,1H3,(H,15,16,17). The third kappa shape index (κ3) is 2.08. The number of rotatable bonds is 4. The molecule has 0 saturated carbocycles. The van der Waals surface area contributed by atoms with E-state index in [4.69, 9.17) is 0 Å². The zero-order valence-electron chi connectivity index (χ0n) is 10.6. The van der Waals surface area contributed by atoms with Gasteiger partial charge < -0.3 is 10.6 Å². The van der Waals surface area contributed by atoms with Crippen molar-refractivity contribution in [3.8, 4) is 0 Å². The van der Waals surface area contributed by atoms with Gasteiger partial charge in [0, 0.05) is 18.0 Å². The predicted molar refractivity (Wildman–Crippen MR) is 76.2 cm³/mol. The van der Waals surface area contributed by atoms with E-state index in [1.165, 1.54) is 28.7 Å². The van der Waals surface area contributed by atoms with E-state index in [-0.39, 0.29) is 0 Å². The molecule has 3 heterocycles. The summed E-state index contributed by atoms with van der Waals surface area (Å²) in [6, 6.07) is 0. The maximum Gasteiger partial charge on any atom is 0.138 e. The summed E-state index contributed by atoms with van der Waals surface area (Å²) in [4.78, 5) is 11.4. The van der Waals surface area contributed by atoms with Gasteiger partial charge in [0.1, 0.15) is 17.0 Å². The number of fused-ring (bicyclic) bond motifs is 3. The largest absolute Gasteiger partial charge is 0.369 e.